The van der Waals surface area contributed by atoms with Gasteiger partial charge in [0.2, 0.25) is 0 Å². The van der Waals surface area contributed by atoms with Crippen molar-refractivity contribution in [2.24, 2.45) is 5.92 Å². The molecule has 0 aromatic carbocycles. The van der Waals surface area contributed by atoms with E-state index in [0.717, 1.165) is 25.7 Å². The van der Waals surface area contributed by atoms with E-state index >= 15 is 0 Å². The van der Waals surface area contributed by atoms with Gasteiger partial charge in [0.15, 0.2) is 0 Å². The summed E-state index contributed by atoms with van der Waals surface area (Å²) in [4.78, 5) is 4.67. The molecule has 20 heavy (non-hydrogen) atoms. The fourth-order valence-corrected chi connectivity index (χ4v) is 3.68. The highest BCUT2D eigenvalue weighted by Gasteiger charge is 2.32. The molecule has 1 aliphatic carbocycles. The standard InChI is InChI=1S/C17H26N2O/c1-2-8-18-16(11-13-7-10-20-12-13)15-6-5-14-4-3-9-19-17(14)15/h3-4,9,13,15-16,18H,2,5-8,10-12H2,1H3. The molecule has 0 radical (unpaired) electrons. The topological polar surface area (TPSA) is 34.1 Å². The van der Waals surface area contributed by atoms with E-state index in [2.05, 4.69) is 29.4 Å². The van der Waals surface area contributed by atoms with Crippen molar-refractivity contribution in [1.82, 2.24) is 10.3 Å². The third kappa shape index (κ3) is 3.04. The Morgan fingerprint density at radius 2 is 2.40 bits per heavy atom. The van der Waals surface area contributed by atoms with E-state index in [-0.39, 0.29) is 0 Å². The third-order valence-electron chi connectivity index (χ3n) is 4.76. The van der Waals surface area contributed by atoms with Gasteiger partial charge in [-0.25, -0.2) is 0 Å². The molecule has 3 atom stereocenters. The van der Waals surface area contributed by atoms with Crippen LogP contribution in [0.3, 0.4) is 0 Å². The summed E-state index contributed by atoms with van der Waals surface area (Å²) in [5, 5.41) is 3.78. The van der Waals surface area contributed by atoms with E-state index < -0.39 is 0 Å². The predicted molar refractivity (Wildman–Crippen MR) is 80.9 cm³/mol. The highest BCUT2D eigenvalue weighted by molar-refractivity contribution is 5.30. The molecule has 0 amide bonds. The summed E-state index contributed by atoms with van der Waals surface area (Å²) in [7, 11) is 0. The second kappa shape index (κ2) is 6.68. The number of hydrogen-bond donors (Lipinski definition) is 1. The van der Waals surface area contributed by atoms with Gasteiger partial charge in [0.1, 0.15) is 0 Å². The molecule has 110 valence electrons. The van der Waals surface area contributed by atoms with Crippen molar-refractivity contribution in [2.45, 2.75) is 51.0 Å². The molecule has 3 rings (SSSR count). The molecule has 1 aromatic rings. The number of nitrogens with zero attached hydrogens (tertiary/aromatic N) is 1. The summed E-state index contributed by atoms with van der Waals surface area (Å²) in [6, 6.07) is 4.89. The lowest BCUT2D eigenvalue weighted by Gasteiger charge is -2.27. The largest absolute Gasteiger partial charge is 0.381 e. The molecule has 1 fully saturated rings. The Morgan fingerprint density at radius 1 is 1.45 bits per heavy atom. The summed E-state index contributed by atoms with van der Waals surface area (Å²) < 4.78 is 5.55. The minimum Gasteiger partial charge on any atom is -0.381 e. The van der Waals surface area contributed by atoms with Gasteiger partial charge < -0.3 is 10.1 Å². The van der Waals surface area contributed by atoms with Crippen LogP contribution in [0.1, 0.15) is 49.8 Å². The molecule has 1 saturated heterocycles. The van der Waals surface area contributed by atoms with Crippen LogP contribution in [-0.2, 0) is 11.2 Å². The average Bonchev–Trinajstić information content (AvgIpc) is 3.12. The van der Waals surface area contributed by atoms with Crippen LogP contribution >= 0.6 is 0 Å². The van der Waals surface area contributed by atoms with Gasteiger partial charge in [-0.05, 0) is 56.2 Å². The smallest absolute Gasteiger partial charge is 0.0495 e. The highest BCUT2D eigenvalue weighted by atomic mass is 16.5. The van der Waals surface area contributed by atoms with Crippen LogP contribution in [0.4, 0.5) is 0 Å². The fraction of sp³-hybridized carbons (Fsp3) is 0.706. The number of rotatable bonds is 6. The van der Waals surface area contributed by atoms with Crippen molar-refractivity contribution in [3.8, 4) is 0 Å². The minimum absolute atomic E-state index is 0.567. The molecular weight excluding hydrogens is 248 g/mol. The maximum atomic E-state index is 5.55. The van der Waals surface area contributed by atoms with Crippen LogP contribution in [0.5, 0.6) is 0 Å². The fourth-order valence-electron chi connectivity index (χ4n) is 3.68. The summed E-state index contributed by atoms with van der Waals surface area (Å²) >= 11 is 0. The maximum absolute atomic E-state index is 5.55. The lowest BCUT2D eigenvalue weighted by molar-refractivity contribution is 0.179. The Kier molecular flexibility index (Phi) is 4.69. The van der Waals surface area contributed by atoms with Crippen LogP contribution < -0.4 is 5.32 Å². The van der Waals surface area contributed by atoms with Gasteiger partial charge in [0, 0.05) is 37.1 Å². The van der Waals surface area contributed by atoms with Crippen LogP contribution in [0, 0.1) is 5.92 Å². The van der Waals surface area contributed by atoms with Gasteiger partial charge in [0.25, 0.3) is 0 Å². The zero-order valence-corrected chi connectivity index (χ0v) is 12.5. The Balaban J connectivity index is 1.71. The quantitative estimate of drug-likeness (QED) is 0.866. The molecule has 0 spiro atoms. The van der Waals surface area contributed by atoms with E-state index in [4.69, 9.17) is 4.74 Å². The van der Waals surface area contributed by atoms with Crippen LogP contribution in [-0.4, -0.2) is 30.8 Å². The lowest BCUT2D eigenvalue weighted by Crippen LogP contribution is -2.37. The zero-order valence-electron chi connectivity index (χ0n) is 12.5. The van der Waals surface area contributed by atoms with E-state index in [1.807, 2.05) is 6.20 Å². The SMILES string of the molecule is CCCNC(CC1CCOC1)C1CCc2cccnc21. The average molecular weight is 274 g/mol. The molecule has 1 aliphatic heterocycles. The first-order valence-corrected chi connectivity index (χ1v) is 8.13. The summed E-state index contributed by atoms with van der Waals surface area (Å²) in [6.45, 7) is 5.25. The van der Waals surface area contributed by atoms with Gasteiger partial charge in [-0.1, -0.05) is 13.0 Å². The second-order valence-electron chi connectivity index (χ2n) is 6.22. The molecule has 1 aromatic heterocycles. The molecular formula is C17H26N2O. The Morgan fingerprint density at radius 3 is 3.20 bits per heavy atom. The van der Waals surface area contributed by atoms with Crippen molar-refractivity contribution in [3.05, 3.63) is 29.6 Å². The number of hydrogen-bond acceptors (Lipinski definition) is 3. The molecule has 1 N–H and O–H groups in total. The molecule has 3 heteroatoms. The number of nitrogens with one attached hydrogen (secondary N) is 1. The predicted octanol–water partition coefficient (Wildman–Crippen LogP) is 2.91. The highest BCUT2D eigenvalue weighted by Crippen LogP contribution is 2.36. The van der Waals surface area contributed by atoms with E-state index in [0.29, 0.717) is 12.0 Å². The van der Waals surface area contributed by atoms with E-state index in [1.165, 1.54) is 43.4 Å². The second-order valence-corrected chi connectivity index (χ2v) is 6.22. The van der Waals surface area contributed by atoms with E-state index in [1.54, 1.807) is 0 Å². The Hall–Kier alpha value is -0.930. The molecule has 2 heterocycles. The minimum atomic E-state index is 0.567. The van der Waals surface area contributed by atoms with Crippen molar-refractivity contribution in [3.63, 3.8) is 0 Å². The van der Waals surface area contributed by atoms with Crippen molar-refractivity contribution >= 4 is 0 Å². The van der Waals surface area contributed by atoms with Crippen molar-refractivity contribution in [1.29, 1.82) is 0 Å². The van der Waals surface area contributed by atoms with Crippen LogP contribution in [0.2, 0.25) is 0 Å². The Labute approximate surface area is 122 Å². The summed E-state index contributed by atoms with van der Waals surface area (Å²) in [5.41, 5.74) is 2.81. The third-order valence-corrected chi connectivity index (χ3v) is 4.76. The molecule has 3 nitrogen and oxygen atoms in total. The van der Waals surface area contributed by atoms with Crippen LogP contribution in [0.25, 0.3) is 0 Å². The molecule has 0 bridgehead atoms. The van der Waals surface area contributed by atoms with Gasteiger partial charge in [-0.15, -0.1) is 0 Å². The van der Waals surface area contributed by atoms with Gasteiger partial charge >= 0.3 is 0 Å². The zero-order chi connectivity index (χ0) is 13.8. The number of pyridine rings is 1. The number of fused-ring (bicyclic) bond motifs is 1. The van der Waals surface area contributed by atoms with Gasteiger partial charge in [0.05, 0.1) is 0 Å². The first-order valence-electron chi connectivity index (χ1n) is 8.13. The van der Waals surface area contributed by atoms with Crippen molar-refractivity contribution < 1.29 is 4.74 Å². The first kappa shape index (κ1) is 14.0. The summed E-state index contributed by atoms with van der Waals surface area (Å²) in [6.07, 6.45) is 8.06. The molecule has 3 unspecified atom stereocenters. The number of ether oxygens (including phenoxy) is 1. The van der Waals surface area contributed by atoms with Gasteiger partial charge in [-0.3, -0.25) is 4.98 Å². The molecule has 2 aliphatic rings. The summed E-state index contributed by atoms with van der Waals surface area (Å²) in [5.74, 6) is 1.33. The maximum Gasteiger partial charge on any atom is 0.0495 e. The van der Waals surface area contributed by atoms with E-state index in [9.17, 15) is 0 Å². The number of aromatic nitrogens is 1. The first-order chi connectivity index (χ1) is 9.88. The normalized spacial score (nSPS) is 26.6. The monoisotopic (exact) mass is 274 g/mol. The lowest BCUT2D eigenvalue weighted by atomic mass is 9.88. The number of aryl methyl sites for hydroxylation is 1. The Bertz CT molecular complexity index is 429. The molecule has 0 saturated carbocycles. The van der Waals surface area contributed by atoms with Gasteiger partial charge in [-0.2, -0.15) is 0 Å². The van der Waals surface area contributed by atoms with Crippen LogP contribution in [0.15, 0.2) is 18.3 Å². The van der Waals surface area contributed by atoms with Crippen molar-refractivity contribution in [2.75, 3.05) is 19.8 Å².